The minimum absolute atomic E-state index is 0.235. The minimum atomic E-state index is -0.235. The van der Waals surface area contributed by atoms with Crippen molar-refractivity contribution in [2.45, 2.75) is 6.42 Å². The highest BCUT2D eigenvalue weighted by molar-refractivity contribution is 9.11. The first-order valence-electron chi connectivity index (χ1n) is 5.88. The van der Waals surface area contributed by atoms with Crippen molar-refractivity contribution in [3.8, 4) is 0 Å². The zero-order valence-corrected chi connectivity index (χ0v) is 13.6. The van der Waals surface area contributed by atoms with Crippen molar-refractivity contribution in [3.05, 3.63) is 50.8 Å². The van der Waals surface area contributed by atoms with E-state index in [1.165, 1.54) is 6.20 Å². The van der Waals surface area contributed by atoms with Gasteiger partial charge in [0.05, 0.1) is 6.20 Å². The topological polar surface area (TPSA) is 80.9 Å². The van der Waals surface area contributed by atoms with Crippen LogP contribution in [0.1, 0.15) is 15.9 Å². The van der Waals surface area contributed by atoms with E-state index in [1.54, 1.807) is 12.1 Å². The van der Waals surface area contributed by atoms with Gasteiger partial charge in [0.15, 0.2) is 5.82 Å². The summed E-state index contributed by atoms with van der Waals surface area (Å²) in [7, 11) is 0. The van der Waals surface area contributed by atoms with E-state index in [-0.39, 0.29) is 5.91 Å². The van der Waals surface area contributed by atoms with Crippen LogP contribution in [0.25, 0.3) is 0 Å². The van der Waals surface area contributed by atoms with Crippen LogP contribution in [0.3, 0.4) is 0 Å². The Kier molecular flexibility index (Phi) is 5.22. The second-order valence-electron chi connectivity index (χ2n) is 4.02. The molecule has 0 unspecified atom stereocenters. The molecule has 2 rings (SSSR count). The summed E-state index contributed by atoms with van der Waals surface area (Å²) in [4.78, 5) is 20.3. The highest BCUT2D eigenvalue weighted by Crippen LogP contribution is 2.20. The van der Waals surface area contributed by atoms with Gasteiger partial charge in [-0.25, -0.2) is 9.97 Å². The number of hydrogen-bond acceptors (Lipinski definition) is 4. The Bertz CT molecular complexity index is 616. The fraction of sp³-hybridized carbons (Fsp3) is 0.154. The highest BCUT2D eigenvalue weighted by atomic mass is 79.9. The maximum Gasteiger partial charge on any atom is 0.256 e. The van der Waals surface area contributed by atoms with Gasteiger partial charge in [-0.2, -0.15) is 0 Å². The SMILES string of the molecule is NCCc1ccc(C(=O)Nc2ncc(Br)nc2Br)cc1. The van der Waals surface area contributed by atoms with Crippen LogP contribution in [0.4, 0.5) is 5.82 Å². The van der Waals surface area contributed by atoms with Crippen LogP contribution in [0.2, 0.25) is 0 Å². The number of aromatic nitrogens is 2. The average molecular weight is 400 g/mol. The smallest absolute Gasteiger partial charge is 0.256 e. The molecule has 1 aromatic heterocycles. The molecule has 104 valence electrons. The fourth-order valence-electron chi connectivity index (χ4n) is 1.60. The van der Waals surface area contributed by atoms with E-state index in [4.69, 9.17) is 5.73 Å². The fourth-order valence-corrected chi connectivity index (χ4v) is 2.51. The molecule has 0 saturated carbocycles. The molecule has 0 fully saturated rings. The highest BCUT2D eigenvalue weighted by Gasteiger charge is 2.10. The zero-order chi connectivity index (χ0) is 14.5. The quantitative estimate of drug-likeness (QED) is 0.828. The molecular weight excluding hydrogens is 388 g/mol. The van der Waals surface area contributed by atoms with Gasteiger partial charge in [0.25, 0.3) is 5.91 Å². The molecule has 7 heteroatoms. The molecule has 0 saturated heterocycles. The molecule has 0 atom stereocenters. The minimum Gasteiger partial charge on any atom is -0.330 e. The second-order valence-corrected chi connectivity index (χ2v) is 5.59. The maximum absolute atomic E-state index is 12.1. The number of carbonyl (C=O) groups is 1. The number of nitrogens with two attached hydrogens (primary N) is 1. The van der Waals surface area contributed by atoms with Crippen molar-refractivity contribution in [1.82, 2.24) is 9.97 Å². The lowest BCUT2D eigenvalue weighted by Gasteiger charge is -2.06. The molecule has 0 aliphatic heterocycles. The number of amides is 1. The van der Waals surface area contributed by atoms with Crippen molar-refractivity contribution in [2.24, 2.45) is 5.73 Å². The number of nitrogens with zero attached hydrogens (tertiary/aromatic N) is 2. The average Bonchev–Trinajstić information content (AvgIpc) is 2.43. The van der Waals surface area contributed by atoms with E-state index in [1.807, 2.05) is 12.1 Å². The Hall–Kier alpha value is -1.31. The third kappa shape index (κ3) is 3.84. The lowest BCUT2D eigenvalue weighted by atomic mass is 10.1. The lowest BCUT2D eigenvalue weighted by Crippen LogP contribution is -2.14. The van der Waals surface area contributed by atoms with Gasteiger partial charge in [0.1, 0.15) is 9.21 Å². The molecule has 1 amide bonds. The van der Waals surface area contributed by atoms with Gasteiger partial charge in [-0.15, -0.1) is 0 Å². The van der Waals surface area contributed by atoms with Crippen LogP contribution in [-0.2, 0) is 6.42 Å². The van der Waals surface area contributed by atoms with Gasteiger partial charge in [-0.05, 0) is 62.5 Å². The molecule has 0 spiro atoms. The van der Waals surface area contributed by atoms with Gasteiger partial charge < -0.3 is 11.1 Å². The molecule has 0 aliphatic carbocycles. The number of benzene rings is 1. The van der Waals surface area contributed by atoms with E-state index in [0.29, 0.717) is 27.1 Å². The summed E-state index contributed by atoms with van der Waals surface area (Å²) in [5.74, 6) is 0.144. The predicted molar refractivity (Wildman–Crippen MR) is 84.6 cm³/mol. The Morgan fingerprint density at radius 2 is 1.95 bits per heavy atom. The van der Waals surface area contributed by atoms with Crippen LogP contribution in [0, 0.1) is 0 Å². The van der Waals surface area contributed by atoms with E-state index >= 15 is 0 Å². The summed E-state index contributed by atoms with van der Waals surface area (Å²) in [5, 5.41) is 2.70. The number of hydrogen-bond donors (Lipinski definition) is 2. The number of halogens is 2. The first-order valence-corrected chi connectivity index (χ1v) is 7.47. The van der Waals surface area contributed by atoms with Crippen molar-refractivity contribution in [1.29, 1.82) is 0 Å². The molecule has 5 nitrogen and oxygen atoms in total. The molecule has 20 heavy (non-hydrogen) atoms. The summed E-state index contributed by atoms with van der Waals surface area (Å²) in [6.45, 7) is 0.590. The second kappa shape index (κ2) is 6.92. The summed E-state index contributed by atoms with van der Waals surface area (Å²) in [5.41, 5.74) is 7.15. The molecule has 0 radical (unpaired) electrons. The Morgan fingerprint density at radius 3 is 2.55 bits per heavy atom. The summed E-state index contributed by atoms with van der Waals surface area (Å²) < 4.78 is 1.06. The Labute approximate surface area is 133 Å². The van der Waals surface area contributed by atoms with Crippen LogP contribution in [0.15, 0.2) is 39.7 Å². The van der Waals surface area contributed by atoms with Crippen LogP contribution < -0.4 is 11.1 Å². The number of nitrogens with one attached hydrogen (secondary N) is 1. The van der Waals surface area contributed by atoms with Crippen LogP contribution in [0.5, 0.6) is 0 Å². The normalized spacial score (nSPS) is 10.3. The van der Waals surface area contributed by atoms with Crippen LogP contribution >= 0.6 is 31.9 Å². The maximum atomic E-state index is 12.1. The van der Waals surface area contributed by atoms with E-state index in [0.717, 1.165) is 12.0 Å². The van der Waals surface area contributed by atoms with Gasteiger partial charge in [0, 0.05) is 5.56 Å². The molecule has 1 heterocycles. The van der Waals surface area contributed by atoms with E-state index < -0.39 is 0 Å². The van der Waals surface area contributed by atoms with Gasteiger partial charge in [-0.1, -0.05) is 12.1 Å². The number of rotatable bonds is 4. The largest absolute Gasteiger partial charge is 0.330 e. The number of anilines is 1. The van der Waals surface area contributed by atoms with Crippen molar-refractivity contribution in [3.63, 3.8) is 0 Å². The molecular formula is C13H12Br2N4O. The van der Waals surface area contributed by atoms with E-state index in [2.05, 4.69) is 47.1 Å². The standard InChI is InChI=1S/C13H12Br2N4O/c14-10-7-17-12(11(15)18-10)19-13(20)9-3-1-8(2-4-9)5-6-16/h1-4,7H,5-6,16H2,(H,17,19,20). The summed E-state index contributed by atoms with van der Waals surface area (Å²) >= 11 is 6.45. The van der Waals surface area contributed by atoms with Gasteiger partial charge >= 0.3 is 0 Å². The predicted octanol–water partition coefficient (Wildman–Crippen LogP) is 2.76. The Balaban J connectivity index is 2.11. The third-order valence-corrected chi connectivity index (χ3v) is 3.52. The zero-order valence-electron chi connectivity index (χ0n) is 10.4. The monoisotopic (exact) mass is 398 g/mol. The number of carbonyl (C=O) groups excluding carboxylic acids is 1. The molecule has 2 aromatic rings. The molecule has 0 bridgehead atoms. The van der Waals surface area contributed by atoms with Crippen molar-refractivity contribution in [2.75, 3.05) is 11.9 Å². The first-order chi connectivity index (χ1) is 9.60. The summed E-state index contributed by atoms with van der Waals surface area (Å²) in [6, 6.07) is 7.31. The van der Waals surface area contributed by atoms with Crippen molar-refractivity contribution < 1.29 is 4.79 Å². The van der Waals surface area contributed by atoms with Crippen molar-refractivity contribution >= 4 is 43.6 Å². The molecule has 1 aromatic carbocycles. The summed E-state index contributed by atoms with van der Waals surface area (Å²) in [6.07, 6.45) is 2.32. The third-order valence-electron chi connectivity index (χ3n) is 2.58. The van der Waals surface area contributed by atoms with Gasteiger partial charge in [-0.3, -0.25) is 4.79 Å². The molecule has 0 aliphatic rings. The lowest BCUT2D eigenvalue weighted by molar-refractivity contribution is 0.102. The first kappa shape index (κ1) is 15.1. The van der Waals surface area contributed by atoms with Crippen LogP contribution in [-0.4, -0.2) is 22.4 Å². The van der Waals surface area contributed by atoms with Gasteiger partial charge in [0.2, 0.25) is 0 Å². The Morgan fingerprint density at radius 1 is 1.25 bits per heavy atom. The molecule has 3 N–H and O–H groups in total. The van der Waals surface area contributed by atoms with E-state index in [9.17, 15) is 4.79 Å².